The van der Waals surface area contributed by atoms with Crippen LogP contribution in [0.5, 0.6) is 0 Å². The minimum absolute atomic E-state index is 0.119. The summed E-state index contributed by atoms with van der Waals surface area (Å²) < 4.78 is 10.6. The molecule has 0 aliphatic heterocycles. The van der Waals surface area contributed by atoms with Gasteiger partial charge in [-0.3, -0.25) is 9.59 Å². The van der Waals surface area contributed by atoms with E-state index in [4.69, 9.17) is 9.47 Å². The minimum Gasteiger partial charge on any atom is -0.464 e. The number of unbranched alkanes of at least 4 members (excludes halogenated alkanes) is 16. The molecule has 0 aromatic rings. The van der Waals surface area contributed by atoms with Crippen molar-refractivity contribution in [3.05, 3.63) is 48.6 Å². The smallest absolute Gasteiger partial charge is 0.305 e. The molecule has 0 spiro atoms. The zero-order chi connectivity index (χ0) is 32.7. The van der Waals surface area contributed by atoms with Gasteiger partial charge in [0.05, 0.1) is 0 Å². The van der Waals surface area contributed by atoms with E-state index in [1.807, 2.05) is 0 Å². The molecule has 0 atom stereocenters. The Balaban J connectivity index is 3.36. The van der Waals surface area contributed by atoms with E-state index >= 15 is 0 Å². The van der Waals surface area contributed by atoms with E-state index in [0.717, 1.165) is 51.4 Å². The number of hydrogen-bond acceptors (Lipinski definition) is 5. The van der Waals surface area contributed by atoms with Crippen LogP contribution in [0.15, 0.2) is 48.6 Å². The van der Waals surface area contributed by atoms with Gasteiger partial charge in [-0.25, -0.2) is 0 Å². The van der Waals surface area contributed by atoms with E-state index in [9.17, 15) is 9.59 Å². The number of allylic oxidation sites excluding steroid dienone is 8. The van der Waals surface area contributed by atoms with Crippen molar-refractivity contribution in [3.63, 3.8) is 0 Å². The zero-order valence-corrected chi connectivity index (χ0v) is 29.6. The topological polar surface area (TPSA) is 64.6 Å². The van der Waals surface area contributed by atoms with Crippen molar-refractivity contribution >= 4 is 11.9 Å². The van der Waals surface area contributed by atoms with Crippen LogP contribution < -0.4 is 5.32 Å². The Kier molecular flexibility index (Phi) is 36.2. The molecule has 0 aromatic heterocycles. The Morgan fingerprint density at radius 3 is 1.16 bits per heavy atom. The maximum atomic E-state index is 11.9. The number of rotatable bonds is 34. The third-order valence-electron chi connectivity index (χ3n) is 7.75. The molecule has 0 aliphatic carbocycles. The molecule has 0 unspecified atom stereocenters. The van der Waals surface area contributed by atoms with Gasteiger partial charge in [-0.1, -0.05) is 127 Å². The van der Waals surface area contributed by atoms with Gasteiger partial charge in [0, 0.05) is 25.9 Å². The first-order chi connectivity index (χ1) is 22.2. The van der Waals surface area contributed by atoms with Gasteiger partial charge >= 0.3 is 11.9 Å². The standard InChI is InChI=1S/C40H71NO4/c1-3-5-7-9-11-13-15-17-19-21-23-25-27-29-31-33-39(42)44-37-35-41-36-38-45-40(43)34-32-30-28-26-24-22-20-18-16-14-12-10-8-6-4-2/h11-14,17-20,41H,3-10,15-16,21-38H2,1-2H3/b13-11+,14-12+,19-17+,20-18+. The Morgan fingerprint density at radius 2 is 0.778 bits per heavy atom. The molecule has 1 N–H and O–H groups in total. The summed E-state index contributed by atoms with van der Waals surface area (Å²) in [5.74, 6) is -0.238. The predicted octanol–water partition coefficient (Wildman–Crippen LogP) is 11.3. The first-order valence-corrected chi connectivity index (χ1v) is 18.8. The van der Waals surface area contributed by atoms with Crippen LogP contribution in [0.3, 0.4) is 0 Å². The van der Waals surface area contributed by atoms with Crippen LogP contribution in [-0.4, -0.2) is 38.2 Å². The highest BCUT2D eigenvalue weighted by molar-refractivity contribution is 5.69. The molecular formula is C40H71NO4. The van der Waals surface area contributed by atoms with Gasteiger partial charge in [0.25, 0.3) is 0 Å². The zero-order valence-electron chi connectivity index (χ0n) is 29.6. The summed E-state index contributed by atoms with van der Waals surface area (Å²) in [4.78, 5) is 23.8. The van der Waals surface area contributed by atoms with Gasteiger partial charge in [0.1, 0.15) is 13.2 Å². The van der Waals surface area contributed by atoms with Gasteiger partial charge < -0.3 is 14.8 Å². The van der Waals surface area contributed by atoms with Crippen molar-refractivity contribution in [1.82, 2.24) is 5.32 Å². The minimum atomic E-state index is -0.119. The molecule has 0 aromatic carbocycles. The maximum absolute atomic E-state index is 11.9. The lowest BCUT2D eigenvalue weighted by Gasteiger charge is -2.08. The third-order valence-corrected chi connectivity index (χ3v) is 7.75. The molecule has 0 rings (SSSR count). The molecule has 0 bridgehead atoms. The summed E-state index contributed by atoms with van der Waals surface area (Å²) in [7, 11) is 0. The average Bonchev–Trinajstić information content (AvgIpc) is 3.04. The van der Waals surface area contributed by atoms with Crippen LogP contribution in [-0.2, 0) is 19.1 Å². The highest BCUT2D eigenvalue weighted by Gasteiger charge is 2.04. The Morgan fingerprint density at radius 1 is 0.444 bits per heavy atom. The van der Waals surface area contributed by atoms with Gasteiger partial charge in [-0.2, -0.15) is 0 Å². The van der Waals surface area contributed by atoms with E-state index in [1.54, 1.807) is 0 Å². The van der Waals surface area contributed by atoms with Crippen molar-refractivity contribution in [1.29, 1.82) is 0 Å². The van der Waals surface area contributed by atoms with Crippen molar-refractivity contribution < 1.29 is 19.1 Å². The monoisotopic (exact) mass is 630 g/mol. The summed E-state index contributed by atoms with van der Waals surface area (Å²) in [5.41, 5.74) is 0. The van der Waals surface area contributed by atoms with Crippen LogP contribution in [0, 0.1) is 0 Å². The molecule has 0 saturated heterocycles. The molecule has 0 fully saturated rings. The molecule has 0 saturated carbocycles. The summed E-state index contributed by atoms with van der Waals surface area (Å²) in [6, 6.07) is 0. The summed E-state index contributed by atoms with van der Waals surface area (Å²) in [6.45, 7) is 6.36. The number of hydrogen-bond donors (Lipinski definition) is 1. The van der Waals surface area contributed by atoms with Crippen molar-refractivity contribution in [2.75, 3.05) is 26.3 Å². The molecule has 260 valence electrons. The Bertz CT molecular complexity index is 693. The van der Waals surface area contributed by atoms with Gasteiger partial charge in [-0.05, 0) is 77.0 Å². The summed E-state index contributed by atoms with van der Waals surface area (Å²) >= 11 is 0. The predicted molar refractivity (Wildman–Crippen MR) is 194 cm³/mol. The van der Waals surface area contributed by atoms with Gasteiger partial charge in [0.2, 0.25) is 0 Å². The van der Waals surface area contributed by atoms with Gasteiger partial charge in [0.15, 0.2) is 0 Å². The lowest BCUT2D eigenvalue weighted by atomic mass is 10.1. The van der Waals surface area contributed by atoms with Crippen molar-refractivity contribution in [3.8, 4) is 0 Å². The number of esters is 2. The fourth-order valence-corrected chi connectivity index (χ4v) is 4.90. The molecule has 45 heavy (non-hydrogen) atoms. The lowest BCUT2D eigenvalue weighted by molar-refractivity contribution is -0.143. The van der Waals surface area contributed by atoms with Crippen LogP contribution in [0.4, 0.5) is 0 Å². The van der Waals surface area contributed by atoms with E-state index < -0.39 is 0 Å². The van der Waals surface area contributed by atoms with Crippen LogP contribution in [0.25, 0.3) is 0 Å². The van der Waals surface area contributed by atoms with E-state index in [1.165, 1.54) is 89.9 Å². The molecule has 5 nitrogen and oxygen atoms in total. The number of carbonyl (C=O) groups is 2. The second-order valence-electron chi connectivity index (χ2n) is 12.2. The number of carbonyl (C=O) groups excluding carboxylic acids is 2. The molecule has 0 radical (unpaired) electrons. The Hall–Kier alpha value is -2.14. The molecule has 0 aliphatic rings. The maximum Gasteiger partial charge on any atom is 0.305 e. The fraction of sp³-hybridized carbons (Fsp3) is 0.750. The Labute approximate surface area is 278 Å². The summed E-state index contributed by atoms with van der Waals surface area (Å²) in [6.07, 6.45) is 45.2. The fourth-order valence-electron chi connectivity index (χ4n) is 4.90. The third kappa shape index (κ3) is 38.0. The number of nitrogens with one attached hydrogen (secondary N) is 1. The highest BCUT2D eigenvalue weighted by atomic mass is 16.5. The molecule has 0 heterocycles. The average molecular weight is 630 g/mol. The van der Waals surface area contributed by atoms with E-state index in [-0.39, 0.29) is 11.9 Å². The van der Waals surface area contributed by atoms with Gasteiger partial charge in [-0.15, -0.1) is 0 Å². The molecule has 0 amide bonds. The first-order valence-electron chi connectivity index (χ1n) is 18.8. The van der Waals surface area contributed by atoms with E-state index in [0.29, 0.717) is 39.1 Å². The molecular weight excluding hydrogens is 558 g/mol. The first kappa shape index (κ1) is 42.9. The van der Waals surface area contributed by atoms with Crippen LogP contribution in [0.1, 0.15) is 168 Å². The molecule has 5 heteroatoms. The number of ether oxygens (including phenoxy) is 2. The SMILES string of the molecule is CCCCC/C=C/C/C=C/CCCCCCCC(=O)OCCNCCOC(=O)CCCCCCC/C=C/C/C=C/CCCCC. The highest BCUT2D eigenvalue weighted by Crippen LogP contribution is 2.10. The quantitative estimate of drug-likeness (QED) is 0.0436. The lowest BCUT2D eigenvalue weighted by Crippen LogP contribution is -2.26. The van der Waals surface area contributed by atoms with Crippen molar-refractivity contribution in [2.24, 2.45) is 0 Å². The normalized spacial score (nSPS) is 12.0. The second kappa shape index (κ2) is 38.0. The van der Waals surface area contributed by atoms with Crippen LogP contribution >= 0.6 is 0 Å². The largest absolute Gasteiger partial charge is 0.464 e. The van der Waals surface area contributed by atoms with E-state index in [2.05, 4.69) is 67.8 Å². The summed E-state index contributed by atoms with van der Waals surface area (Å²) in [5, 5.41) is 3.17. The van der Waals surface area contributed by atoms with Crippen molar-refractivity contribution in [2.45, 2.75) is 168 Å². The van der Waals surface area contributed by atoms with Crippen LogP contribution in [0.2, 0.25) is 0 Å². The second-order valence-corrected chi connectivity index (χ2v) is 12.2.